The first-order chi connectivity index (χ1) is 19.5. The highest BCUT2D eigenvalue weighted by Gasteiger charge is 2.31. The first kappa shape index (κ1) is 26.0. The van der Waals surface area contributed by atoms with E-state index >= 15 is 0 Å². The Balaban J connectivity index is 1.56. The number of aryl methyl sites for hydroxylation is 2. The normalized spacial score (nSPS) is 12.8. The van der Waals surface area contributed by atoms with E-state index in [0.717, 1.165) is 41.6 Å². The molecule has 0 fully saturated rings. The molecule has 3 heterocycles. The molecule has 9 heteroatoms. The summed E-state index contributed by atoms with van der Waals surface area (Å²) < 4.78 is 34.8. The predicted octanol–water partition coefficient (Wildman–Crippen LogP) is 6.76. The van der Waals surface area contributed by atoms with E-state index in [9.17, 15) is 9.18 Å². The molecule has 0 spiro atoms. The number of hydrogen-bond donors (Lipinski definition) is 0. The molecule has 0 radical (unpaired) electrons. The molecule has 0 amide bonds. The van der Waals surface area contributed by atoms with Gasteiger partial charge >= 0.3 is 0 Å². The molecule has 1 aliphatic heterocycles. The number of aromatic nitrogens is 3. The number of benzene rings is 3. The summed E-state index contributed by atoms with van der Waals surface area (Å²) in [7, 11) is 3.09. The zero-order chi connectivity index (χ0) is 27.8. The fraction of sp³-hybridized carbons (Fsp3) is 0.226. The summed E-state index contributed by atoms with van der Waals surface area (Å²) in [5, 5.41) is 5.50. The number of para-hydroxylation sites is 1. The number of ketones is 1. The van der Waals surface area contributed by atoms with Crippen LogP contribution in [-0.4, -0.2) is 34.2 Å². The minimum absolute atomic E-state index is 0.0545. The molecule has 6 rings (SSSR count). The molecule has 3 aromatic carbocycles. The van der Waals surface area contributed by atoms with Crippen LogP contribution in [0.15, 0.2) is 66.7 Å². The molecule has 0 bridgehead atoms. The number of carbonyl (C=O) groups excluding carboxylic acids is 1. The molecule has 0 saturated carbocycles. The van der Waals surface area contributed by atoms with E-state index < -0.39 is 5.82 Å². The summed E-state index contributed by atoms with van der Waals surface area (Å²) in [6.45, 7) is 0.760. The molecule has 7 nitrogen and oxygen atoms in total. The Morgan fingerprint density at radius 2 is 1.73 bits per heavy atom. The van der Waals surface area contributed by atoms with Crippen molar-refractivity contribution >= 4 is 23.0 Å². The van der Waals surface area contributed by atoms with E-state index in [-0.39, 0.29) is 18.1 Å². The molecule has 0 unspecified atom stereocenters. The molecule has 0 aliphatic carbocycles. The monoisotopic (exact) mass is 559 g/mol. The molecule has 0 N–H and O–H groups in total. The van der Waals surface area contributed by atoms with Crippen molar-refractivity contribution in [3.8, 4) is 28.4 Å². The Kier molecular flexibility index (Phi) is 6.94. The minimum Gasteiger partial charge on any atom is -0.497 e. The molecule has 5 aromatic rings. The lowest BCUT2D eigenvalue weighted by atomic mass is 9.95. The van der Waals surface area contributed by atoms with Crippen molar-refractivity contribution in [1.82, 2.24) is 14.2 Å². The lowest BCUT2D eigenvalue weighted by Crippen LogP contribution is -2.10. The lowest BCUT2D eigenvalue weighted by Gasteiger charge is -2.11. The van der Waals surface area contributed by atoms with Crippen molar-refractivity contribution in [1.29, 1.82) is 0 Å². The number of carbonyl (C=O) groups is 1. The first-order valence-corrected chi connectivity index (χ1v) is 13.4. The number of nitrogens with zero attached hydrogens (tertiary/aromatic N) is 3. The van der Waals surface area contributed by atoms with Gasteiger partial charge in [-0.05, 0) is 61.2 Å². The van der Waals surface area contributed by atoms with Crippen LogP contribution in [0.2, 0.25) is 5.02 Å². The van der Waals surface area contributed by atoms with Crippen LogP contribution < -0.4 is 14.2 Å². The van der Waals surface area contributed by atoms with Gasteiger partial charge in [-0.1, -0.05) is 35.9 Å². The summed E-state index contributed by atoms with van der Waals surface area (Å²) in [5.74, 6) is 1.11. The minimum atomic E-state index is -0.440. The Morgan fingerprint density at radius 3 is 2.42 bits per heavy atom. The largest absolute Gasteiger partial charge is 0.497 e. The maximum atomic E-state index is 14.3. The Bertz CT molecular complexity index is 1700. The van der Waals surface area contributed by atoms with Crippen LogP contribution in [0.5, 0.6) is 17.2 Å². The SMILES string of the molecule is COc1cc(OC)cc(C(=O)c2c(-c3ccc(Cl)cc3)c3c4n(c(COc5ccccc5F)nn24)CCCC3)c1. The highest BCUT2D eigenvalue weighted by atomic mass is 35.5. The van der Waals surface area contributed by atoms with Gasteiger partial charge in [0.2, 0.25) is 5.78 Å². The third-order valence-corrected chi connectivity index (χ3v) is 7.47. The fourth-order valence-corrected chi connectivity index (χ4v) is 5.45. The van der Waals surface area contributed by atoms with Crippen molar-refractivity contribution < 1.29 is 23.4 Å². The van der Waals surface area contributed by atoms with Crippen LogP contribution in [0, 0.1) is 5.82 Å². The number of hydrogen-bond acceptors (Lipinski definition) is 5. The Morgan fingerprint density at radius 1 is 1.00 bits per heavy atom. The topological polar surface area (TPSA) is 67.0 Å². The van der Waals surface area contributed by atoms with E-state index in [4.69, 9.17) is 30.9 Å². The second-order valence-corrected chi connectivity index (χ2v) is 10.1. The van der Waals surface area contributed by atoms with Gasteiger partial charge in [-0.25, -0.2) is 8.91 Å². The van der Waals surface area contributed by atoms with Crippen LogP contribution in [0.1, 0.15) is 40.3 Å². The quantitative estimate of drug-likeness (QED) is 0.197. The average Bonchev–Trinajstić information content (AvgIpc) is 3.38. The van der Waals surface area contributed by atoms with Crippen LogP contribution in [0.4, 0.5) is 4.39 Å². The first-order valence-electron chi connectivity index (χ1n) is 13.0. The molecular weight excluding hydrogens is 533 g/mol. The van der Waals surface area contributed by atoms with Crippen molar-refractivity contribution in [2.24, 2.45) is 0 Å². The summed E-state index contributed by atoms with van der Waals surface area (Å²) >= 11 is 6.22. The van der Waals surface area contributed by atoms with E-state index in [1.54, 1.807) is 55.1 Å². The summed E-state index contributed by atoms with van der Waals surface area (Å²) in [5.41, 5.74) is 4.41. The van der Waals surface area contributed by atoms with Gasteiger partial charge in [-0.15, -0.1) is 5.10 Å². The lowest BCUT2D eigenvalue weighted by molar-refractivity contribution is 0.103. The molecule has 1 aliphatic rings. The number of halogens is 2. The third kappa shape index (κ3) is 4.58. The van der Waals surface area contributed by atoms with Crippen molar-refractivity contribution in [3.05, 3.63) is 100 Å². The smallest absolute Gasteiger partial charge is 0.212 e. The van der Waals surface area contributed by atoms with E-state index in [2.05, 4.69) is 4.57 Å². The standard InChI is InChI=1S/C31H27ClFN3O4/c1-38-22-15-20(16-23(17-22)39-2)30(37)29-28(19-10-12-21(32)13-11-19)24-7-5-6-14-35-27(34-36(29)31(24)35)18-40-26-9-4-3-8-25(26)33/h3-4,8-13,15-17H,5-7,14,18H2,1-2H3. The van der Waals surface area contributed by atoms with Crippen molar-refractivity contribution in [2.75, 3.05) is 14.2 Å². The predicted molar refractivity (Wildman–Crippen MR) is 150 cm³/mol. The zero-order valence-electron chi connectivity index (χ0n) is 22.1. The Labute approximate surface area is 235 Å². The van der Waals surface area contributed by atoms with Crippen LogP contribution in [-0.2, 0) is 19.6 Å². The van der Waals surface area contributed by atoms with E-state index in [1.807, 2.05) is 24.3 Å². The summed E-state index contributed by atoms with van der Waals surface area (Å²) in [4.78, 5) is 14.3. The van der Waals surface area contributed by atoms with Gasteiger partial charge in [0.15, 0.2) is 17.4 Å². The highest BCUT2D eigenvalue weighted by molar-refractivity contribution is 6.30. The van der Waals surface area contributed by atoms with Gasteiger partial charge in [0, 0.05) is 34.3 Å². The summed E-state index contributed by atoms with van der Waals surface area (Å²) in [6.07, 6.45) is 2.65. The van der Waals surface area contributed by atoms with Gasteiger partial charge in [0.25, 0.3) is 0 Å². The van der Waals surface area contributed by atoms with Crippen molar-refractivity contribution in [3.63, 3.8) is 0 Å². The molecule has 0 saturated heterocycles. The third-order valence-electron chi connectivity index (χ3n) is 7.22. The molecule has 204 valence electrons. The second kappa shape index (κ2) is 10.7. The fourth-order valence-electron chi connectivity index (χ4n) is 5.33. The van der Waals surface area contributed by atoms with Gasteiger partial charge in [0.1, 0.15) is 29.4 Å². The van der Waals surface area contributed by atoms with Crippen molar-refractivity contribution in [2.45, 2.75) is 32.4 Å². The number of methoxy groups -OCH3 is 2. The number of rotatable bonds is 8. The number of ether oxygens (including phenoxy) is 3. The van der Waals surface area contributed by atoms with Gasteiger partial charge in [-0.3, -0.25) is 4.79 Å². The second-order valence-electron chi connectivity index (χ2n) is 9.62. The van der Waals surface area contributed by atoms with Crippen LogP contribution in [0.3, 0.4) is 0 Å². The van der Waals surface area contributed by atoms with Gasteiger partial charge in [-0.2, -0.15) is 0 Å². The zero-order valence-corrected chi connectivity index (χ0v) is 22.9. The van der Waals surface area contributed by atoms with E-state index in [1.165, 1.54) is 6.07 Å². The molecular formula is C31H27ClFN3O4. The average molecular weight is 560 g/mol. The highest BCUT2D eigenvalue weighted by Crippen LogP contribution is 2.39. The van der Waals surface area contributed by atoms with Crippen LogP contribution >= 0.6 is 11.6 Å². The van der Waals surface area contributed by atoms with Crippen LogP contribution in [0.25, 0.3) is 16.8 Å². The van der Waals surface area contributed by atoms with Gasteiger partial charge in [0.05, 0.1) is 14.2 Å². The maximum Gasteiger partial charge on any atom is 0.212 e. The Hall–Kier alpha value is -4.30. The molecule has 0 atom stereocenters. The summed E-state index contributed by atoms with van der Waals surface area (Å²) in [6, 6.07) is 18.9. The van der Waals surface area contributed by atoms with E-state index in [0.29, 0.717) is 40.1 Å². The maximum absolute atomic E-state index is 14.3. The molecule has 40 heavy (non-hydrogen) atoms. The molecule has 2 aromatic heterocycles. The van der Waals surface area contributed by atoms with Gasteiger partial charge < -0.3 is 18.8 Å².